The quantitative estimate of drug-likeness (QED) is 0.583. The van der Waals surface area contributed by atoms with Crippen molar-refractivity contribution in [2.24, 2.45) is 11.1 Å². The van der Waals surface area contributed by atoms with Crippen LogP contribution in [-0.4, -0.2) is 5.78 Å². The molecule has 0 spiro atoms. The Hall–Kier alpha value is -2.84. The molecule has 1 aliphatic carbocycles. The van der Waals surface area contributed by atoms with E-state index in [9.17, 15) is 10.1 Å². The van der Waals surface area contributed by atoms with Gasteiger partial charge in [-0.05, 0) is 61.4 Å². The summed E-state index contributed by atoms with van der Waals surface area (Å²) in [5, 5.41) is 10.2. The van der Waals surface area contributed by atoms with Gasteiger partial charge in [-0.2, -0.15) is 5.26 Å². The molecule has 0 fully saturated rings. The second-order valence-corrected chi connectivity index (χ2v) is 10.9. The van der Waals surface area contributed by atoms with Crippen molar-refractivity contribution in [3.8, 4) is 6.07 Å². The van der Waals surface area contributed by atoms with Gasteiger partial charge in [0.2, 0.25) is 0 Å². The molecular formula is C27H31N3OS. The van der Waals surface area contributed by atoms with Crippen LogP contribution < -0.4 is 10.6 Å². The van der Waals surface area contributed by atoms with Crippen molar-refractivity contribution >= 4 is 22.8 Å². The van der Waals surface area contributed by atoms with Crippen LogP contribution in [0.1, 0.15) is 67.7 Å². The smallest absolute Gasteiger partial charge is 0.162 e. The Balaban J connectivity index is 1.91. The van der Waals surface area contributed by atoms with Crippen LogP contribution in [0.4, 0.5) is 5.69 Å². The number of thiophene rings is 1. The zero-order chi connectivity index (χ0) is 23.0. The van der Waals surface area contributed by atoms with Crippen molar-refractivity contribution in [2.75, 3.05) is 4.90 Å². The van der Waals surface area contributed by atoms with Crippen molar-refractivity contribution < 1.29 is 4.79 Å². The highest BCUT2D eigenvalue weighted by Gasteiger charge is 2.45. The van der Waals surface area contributed by atoms with E-state index in [4.69, 9.17) is 5.73 Å². The third kappa shape index (κ3) is 4.00. The van der Waals surface area contributed by atoms with Crippen molar-refractivity contribution in [1.29, 1.82) is 5.26 Å². The zero-order valence-electron chi connectivity index (χ0n) is 19.4. The van der Waals surface area contributed by atoms with Crippen LogP contribution in [0.2, 0.25) is 0 Å². The lowest BCUT2D eigenvalue weighted by Crippen LogP contribution is -2.42. The summed E-state index contributed by atoms with van der Waals surface area (Å²) in [4.78, 5) is 17.9. The van der Waals surface area contributed by atoms with Crippen molar-refractivity contribution in [3.05, 3.63) is 74.4 Å². The molecule has 4 nitrogen and oxygen atoms in total. The third-order valence-corrected chi connectivity index (χ3v) is 7.59. The van der Waals surface area contributed by atoms with Gasteiger partial charge in [0, 0.05) is 33.1 Å². The molecule has 2 aromatic rings. The molecule has 2 N–H and O–H groups in total. The number of Topliss-reactive ketones (excluding diaryl/α,β-unsaturated/α-hetero) is 1. The van der Waals surface area contributed by atoms with E-state index in [2.05, 4.69) is 45.0 Å². The first-order valence-corrected chi connectivity index (χ1v) is 12.2. The molecule has 166 valence electrons. The lowest BCUT2D eigenvalue weighted by atomic mass is 9.69. The molecule has 2 heterocycles. The third-order valence-electron chi connectivity index (χ3n) is 6.38. The molecule has 0 bridgehead atoms. The van der Waals surface area contributed by atoms with Crippen LogP contribution >= 0.6 is 11.3 Å². The number of rotatable bonds is 5. The van der Waals surface area contributed by atoms with Crippen molar-refractivity contribution in [2.45, 2.75) is 65.7 Å². The number of carbonyl (C=O) groups excluding carboxylic acids is 1. The van der Waals surface area contributed by atoms with E-state index in [0.717, 1.165) is 53.1 Å². The number of nitrogens with two attached hydrogens (primary N) is 1. The van der Waals surface area contributed by atoms with Gasteiger partial charge in [-0.3, -0.25) is 9.69 Å². The number of benzene rings is 1. The Morgan fingerprint density at radius 3 is 2.72 bits per heavy atom. The maximum atomic E-state index is 13.6. The van der Waals surface area contributed by atoms with Crippen LogP contribution in [-0.2, 0) is 11.2 Å². The summed E-state index contributed by atoms with van der Waals surface area (Å²) in [7, 11) is 0. The minimum atomic E-state index is -0.375. The first-order chi connectivity index (χ1) is 15.3. The van der Waals surface area contributed by atoms with E-state index in [1.54, 1.807) is 11.3 Å². The normalized spacial score (nSPS) is 20.4. The van der Waals surface area contributed by atoms with Gasteiger partial charge in [-0.25, -0.2) is 0 Å². The molecular weight excluding hydrogens is 414 g/mol. The Bertz CT molecular complexity index is 1160. The number of hydrogen-bond acceptors (Lipinski definition) is 5. The van der Waals surface area contributed by atoms with E-state index in [-0.39, 0.29) is 17.1 Å². The average molecular weight is 446 g/mol. The van der Waals surface area contributed by atoms with Gasteiger partial charge in [0.15, 0.2) is 5.78 Å². The number of unbranched alkanes of at least 4 members (excludes halogenated alkanes) is 1. The highest BCUT2D eigenvalue weighted by Crippen LogP contribution is 2.51. The fourth-order valence-corrected chi connectivity index (χ4v) is 6.07. The number of hydrogen-bond donors (Lipinski definition) is 1. The molecule has 1 unspecified atom stereocenters. The molecule has 5 heteroatoms. The molecule has 32 heavy (non-hydrogen) atoms. The summed E-state index contributed by atoms with van der Waals surface area (Å²) in [6.07, 6.45) is 4.52. The number of ketones is 1. The maximum absolute atomic E-state index is 13.6. The van der Waals surface area contributed by atoms with E-state index >= 15 is 0 Å². The van der Waals surface area contributed by atoms with Gasteiger partial charge in [0.25, 0.3) is 0 Å². The molecule has 1 aliphatic heterocycles. The largest absolute Gasteiger partial charge is 0.384 e. The number of carbonyl (C=O) groups is 1. The van der Waals surface area contributed by atoms with Crippen LogP contribution in [0.25, 0.3) is 0 Å². The Morgan fingerprint density at radius 2 is 2.03 bits per heavy atom. The lowest BCUT2D eigenvalue weighted by molar-refractivity contribution is -0.118. The summed E-state index contributed by atoms with van der Waals surface area (Å²) in [5.41, 5.74) is 10.7. The standard InChI is InChI=1S/C27H31N3OS/c1-5-6-10-19-11-12-23(32-19)24-20(16-28)26(29)30(18-9-7-8-17(2)13-18)21-14-27(3,4)15-22(31)25(21)24/h7-9,11-13,24H,5-6,10,14-15,29H2,1-4H3. The lowest BCUT2D eigenvalue weighted by Gasteiger charge is -2.43. The average Bonchev–Trinajstić information content (AvgIpc) is 3.19. The SMILES string of the molecule is CCCCc1ccc(C2C(C#N)=C(N)N(c3cccc(C)c3)C3=C2C(=O)CC(C)(C)C3)s1. The number of anilines is 1. The molecule has 2 aliphatic rings. The molecule has 4 rings (SSSR count). The molecule has 0 saturated carbocycles. The van der Waals surface area contributed by atoms with Crippen LogP contribution in [0.15, 0.2) is 59.1 Å². The monoisotopic (exact) mass is 445 g/mol. The Kier molecular flexibility index (Phi) is 6.01. The van der Waals surface area contributed by atoms with Crippen molar-refractivity contribution in [1.82, 2.24) is 0 Å². The molecule has 1 aromatic heterocycles. The summed E-state index contributed by atoms with van der Waals surface area (Å²) >= 11 is 1.71. The second kappa shape index (κ2) is 8.60. The predicted octanol–water partition coefficient (Wildman–Crippen LogP) is 6.34. The van der Waals surface area contributed by atoms with E-state index < -0.39 is 0 Å². The zero-order valence-corrected chi connectivity index (χ0v) is 20.2. The first kappa shape index (κ1) is 22.4. The minimum Gasteiger partial charge on any atom is -0.384 e. The summed E-state index contributed by atoms with van der Waals surface area (Å²) in [6, 6.07) is 14.7. The van der Waals surface area contributed by atoms with Gasteiger partial charge < -0.3 is 5.73 Å². The van der Waals surface area contributed by atoms with Gasteiger partial charge in [0.1, 0.15) is 5.82 Å². The van der Waals surface area contributed by atoms with Gasteiger partial charge in [0.05, 0.1) is 17.6 Å². The first-order valence-electron chi connectivity index (χ1n) is 11.4. The van der Waals surface area contributed by atoms with Crippen LogP contribution in [0.3, 0.4) is 0 Å². The maximum Gasteiger partial charge on any atom is 0.162 e. The number of nitrogens with zero attached hydrogens (tertiary/aromatic N) is 2. The van der Waals surface area contributed by atoms with Crippen molar-refractivity contribution in [3.63, 3.8) is 0 Å². The van der Waals surface area contributed by atoms with Gasteiger partial charge >= 0.3 is 0 Å². The number of allylic oxidation sites excluding steroid dienone is 3. The van der Waals surface area contributed by atoms with Crippen LogP contribution in [0.5, 0.6) is 0 Å². The van der Waals surface area contributed by atoms with Gasteiger partial charge in [-0.1, -0.05) is 39.3 Å². The Morgan fingerprint density at radius 1 is 1.25 bits per heavy atom. The summed E-state index contributed by atoms with van der Waals surface area (Å²) in [5.74, 6) is 0.193. The molecule has 1 aromatic carbocycles. The predicted molar refractivity (Wildman–Crippen MR) is 131 cm³/mol. The van der Waals surface area contributed by atoms with Crippen LogP contribution in [0, 0.1) is 23.7 Å². The minimum absolute atomic E-state index is 0.127. The molecule has 0 saturated heterocycles. The van der Waals surface area contributed by atoms with E-state index in [1.807, 2.05) is 30.0 Å². The van der Waals surface area contributed by atoms with E-state index in [0.29, 0.717) is 17.8 Å². The fourth-order valence-electron chi connectivity index (χ4n) is 4.89. The summed E-state index contributed by atoms with van der Waals surface area (Å²) in [6.45, 7) is 8.49. The Labute approximate surface area is 195 Å². The number of nitriles is 1. The van der Waals surface area contributed by atoms with E-state index in [1.165, 1.54) is 4.88 Å². The second-order valence-electron chi connectivity index (χ2n) is 9.73. The highest BCUT2D eigenvalue weighted by molar-refractivity contribution is 7.12. The topological polar surface area (TPSA) is 70.1 Å². The number of aryl methyl sites for hydroxylation is 2. The van der Waals surface area contributed by atoms with Gasteiger partial charge in [-0.15, -0.1) is 11.3 Å². The summed E-state index contributed by atoms with van der Waals surface area (Å²) < 4.78 is 0. The highest BCUT2D eigenvalue weighted by atomic mass is 32.1. The molecule has 0 amide bonds. The molecule has 0 radical (unpaired) electrons. The molecule has 1 atom stereocenters. The fraction of sp³-hybridized carbons (Fsp3) is 0.407.